The highest BCUT2D eigenvalue weighted by molar-refractivity contribution is 5.75. The third kappa shape index (κ3) is 4.53. The number of benzene rings is 1. The number of piperidine rings is 1. The summed E-state index contributed by atoms with van der Waals surface area (Å²) in [6.45, 7) is 8.63. The molecule has 33 heavy (non-hydrogen) atoms. The zero-order valence-electron chi connectivity index (χ0n) is 20.0. The Labute approximate surface area is 194 Å². The van der Waals surface area contributed by atoms with Crippen LogP contribution in [0, 0.1) is 6.92 Å². The van der Waals surface area contributed by atoms with Crippen molar-refractivity contribution in [3.05, 3.63) is 67.9 Å². The van der Waals surface area contributed by atoms with Crippen molar-refractivity contribution in [2.24, 2.45) is 12.8 Å². The molecule has 1 unspecified atom stereocenters. The lowest BCUT2D eigenvalue weighted by molar-refractivity contribution is 0.495. The van der Waals surface area contributed by atoms with E-state index < -0.39 is 0 Å². The van der Waals surface area contributed by atoms with Gasteiger partial charge in [0.15, 0.2) is 11.2 Å². The molecule has 1 aliphatic rings. The van der Waals surface area contributed by atoms with Gasteiger partial charge in [-0.1, -0.05) is 35.9 Å². The minimum Gasteiger partial charge on any atom is -0.341 e. The molecule has 1 saturated heterocycles. The van der Waals surface area contributed by atoms with Gasteiger partial charge in [-0.15, -0.1) is 0 Å². The van der Waals surface area contributed by atoms with Crippen molar-refractivity contribution in [1.29, 1.82) is 0 Å². The fraction of sp³-hybridized carbons (Fsp3) is 0.480. The molecule has 0 bridgehead atoms. The van der Waals surface area contributed by atoms with Gasteiger partial charge in [0.2, 0.25) is 5.95 Å². The number of nitrogens with two attached hydrogens (primary N) is 1. The van der Waals surface area contributed by atoms with Gasteiger partial charge in [-0.2, -0.15) is 4.98 Å². The number of imidazole rings is 1. The number of rotatable bonds is 6. The molecule has 3 heterocycles. The summed E-state index contributed by atoms with van der Waals surface area (Å²) in [4.78, 5) is 33.5. The molecule has 1 fully saturated rings. The second-order valence-electron chi connectivity index (χ2n) is 9.30. The fourth-order valence-electron chi connectivity index (χ4n) is 4.55. The van der Waals surface area contributed by atoms with Gasteiger partial charge in [0, 0.05) is 39.3 Å². The molecule has 1 aromatic carbocycles. The van der Waals surface area contributed by atoms with E-state index in [0.717, 1.165) is 25.0 Å². The SMILES string of the molecule is CC(C)=CCn1c(N2CCCC(N)C2)nc2c1c(=O)n(C)c(=O)n2CCc1ccccc1C. The van der Waals surface area contributed by atoms with Gasteiger partial charge >= 0.3 is 5.69 Å². The molecule has 0 amide bonds. The Morgan fingerprint density at radius 3 is 2.67 bits per heavy atom. The standard InChI is InChI=1S/C25H34N6O2/c1-17(2)11-14-30-21-22(27-24(30)29-13-7-10-20(26)16-29)31(25(33)28(4)23(21)32)15-12-19-9-6-5-8-18(19)3/h5-6,8-9,11,20H,7,10,12-16,26H2,1-4H3. The Morgan fingerprint density at radius 1 is 1.21 bits per heavy atom. The van der Waals surface area contributed by atoms with E-state index in [0.29, 0.717) is 43.2 Å². The lowest BCUT2D eigenvalue weighted by atomic mass is 10.1. The van der Waals surface area contributed by atoms with E-state index in [9.17, 15) is 9.59 Å². The quantitative estimate of drug-likeness (QED) is 0.582. The van der Waals surface area contributed by atoms with Crippen LogP contribution in [0.1, 0.15) is 37.8 Å². The Kier molecular flexibility index (Phi) is 6.56. The van der Waals surface area contributed by atoms with E-state index in [1.54, 1.807) is 11.6 Å². The molecule has 176 valence electrons. The number of aryl methyl sites for hydroxylation is 3. The van der Waals surface area contributed by atoms with Crippen LogP contribution in [0.3, 0.4) is 0 Å². The van der Waals surface area contributed by atoms with Gasteiger partial charge in [-0.3, -0.25) is 13.9 Å². The van der Waals surface area contributed by atoms with Crippen molar-refractivity contribution >= 4 is 17.1 Å². The lowest BCUT2D eigenvalue weighted by Crippen LogP contribution is -2.44. The van der Waals surface area contributed by atoms with Crippen LogP contribution in [0.25, 0.3) is 11.2 Å². The zero-order valence-corrected chi connectivity index (χ0v) is 20.0. The predicted molar refractivity (Wildman–Crippen MR) is 133 cm³/mol. The molecular formula is C25H34N6O2. The minimum atomic E-state index is -0.338. The van der Waals surface area contributed by atoms with Gasteiger partial charge in [0.05, 0.1) is 0 Å². The van der Waals surface area contributed by atoms with E-state index in [2.05, 4.69) is 30.0 Å². The highest BCUT2D eigenvalue weighted by Gasteiger charge is 2.26. The van der Waals surface area contributed by atoms with E-state index >= 15 is 0 Å². The van der Waals surface area contributed by atoms with E-state index in [-0.39, 0.29) is 17.3 Å². The smallest absolute Gasteiger partial charge is 0.332 e. The van der Waals surface area contributed by atoms with E-state index in [1.807, 2.05) is 30.5 Å². The number of anilines is 1. The number of nitrogens with zero attached hydrogens (tertiary/aromatic N) is 5. The first-order valence-corrected chi connectivity index (χ1v) is 11.7. The number of aromatic nitrogens is 4. The maximum absolute atomic E-state index is 13.3. The van der Waals surface area contributed by atoms with Crippen LogP contribution in [0.5, 0.6) is 0 Å². The van der Waals surface area contributed by atoms with Gasteiger partial charge in [-0.05, 0) is 51.2 Å². The first-order chi connectivity index (χ1) is 15.8. The van der Waals surface area contributed by atoms with Crippen LogP contribution in [0.15, 0.2) is 45.5 Å². The lowest BCUT2D eigenvalue weighted by Gasteiger charge is -2.31. The van der Waals surface area contributed by atoms with Crippen LogP contribution in [-0.2, 0) is 26.6 Å². The summed E-state index contributed by atoms with van der Waals surface area (Å²) in [6, 6.07) is 8.23. The maximum atomic E-state index is 13.3. The average molecular weight is 451 g/mol. The third-order valence-corrected chi connectivity index (χ3v) is 6.50. The van der Waals surface area contributed by atoms with Crippen LogP contribution in [-0.4, -0.2) is 37.8 Å². The van der Waals surface area contributed by atoms with E-state index in [4.69, 9.17) is 10.7 Å². The average Bonchev–Trinajstić information content (AvgIpc) is 3.16. The molecular weight excluding hydrogens is 416 g/mol. The molecule has 1 atom stereocenters. The molecule has 0 spiro atoms. The number of hydrogen-bond acceptors (Lipinski definition) is 5. The van der Waals surface area contributed by atoms with E-state index in [1.165, 1.54) is 15.7 Å². The highest BCUT2D eigenvalue weighted by atomic mass is 16.2. The van der Waals surface area contributed by atoms with Crippen LogP contribution >= 0.6 is 0 Å². The summed E-state index contributed by atoms with van der Waals surface area (Å²) < 4.78 is 4.80. The van der Waals surface area contributed by atoms with Crippen molar-refractivity contribution in [3.8, 4) is 0 Å². The molecule has 2 aromatic heterocycles. The molecule has 0 aliphatic carbocycles. The second kappa shape index (κ2) is 9.39. The molecule has 1 aliphatic heterocycles. The topological polar surface area (TPSA) is 91.1 Å². The molecule has 4 rings (SSSR count). The number of fused-ring (bicyclic) bond motifs is 1. The fourth-order valence-corrected chi connectivity index (χ4v) is 4.55. The summed E-state index contributed by atoms with van der Waals surface area (Å²) in [5.41, 5.74) is 10.0. The Hall–Kier alpha value is -3.13. The largest absolute Gasteiger partial charge is 0.341 e. The second-order valence-corrected chi connectivity index (χ2v) is 9.30. The molecule has 8 heteroatoms. The monoisotopic (exact) mass is 450 g/mol. The van der Waals surface area contributed by atoms with Crippen molar-refractivity contribution in [2.45, 2.75) is 59.2 Å². The highest BCUT2D eigenvalue weighted by Crippen LogP contribution is 2.24. The zero-order chi connectivity index (χ0) is 23.7. The van der Waals surface area contributed by atoms with Gasteiger partial charge < -0.3 is 15.2 Å². The summed E-state index contributed by atoms with van der Waals surface area (Å²) in [5.74, 6) is 0.713. The molecule has 8 nitrogen and oxygen atoms in total. The molecule has 3 aromatic rings. The summed E-state index contributed by atoms with van der Waals surface area (Å²) in [7, 11) is 1.54. The first-order valence-electron chi connectivity index (χ1n) is 11.7. The Balaban J connectivity index is 1.88. The molecule has 0 radical (unpaired) electrons. The Bertz CT molecular complexity index is 1310. The predicted octanol–water partition coefficient (Wildman–Crippen LogP) is 2.34. The number of allylic oxidation sites excluding steroid dienone is 2. The summed E-state index contributed by atoms with van der Waals surface area (Å²) >= 11 is 0. The van der Waals surface area contributed by atoms with Crippen LogP contribution in [0.2, 0.25) is 0 Å². The van der Waals surface area contributed by atoms with Crippen molar-refractivity contribution in [1.82, 2.24) is 18.7 Å². The van der Waals surface area contributed by atoms with Gasteiger partial charge in [0.1, 0.15) is 0 Å². The van der Waals surface area contributed by atoms with Crippen LogP contribution < -0.4 is 21.9 Å². The van der Waals surface area contributed by atoms with Crippen molar-refractivity contribution in [2.75, 3.05) is 18.0 Å². The van der Waals surface area contributed by atoms with Gasteiger partial charge in [0.25, 0.3) is 5.56 Å². The number of hydrogen-bond donors (Lipinski definition) is 1. The van der Waals surface area contributed by atoms with Crippen molar-refractivity contribution < 1.29 is 0 Å². The summed E-state index contributed by atoms with van der Waals surface area (Å²) in [6.07, 6.45) is 4.72. The van der Waals surface area contributed by atoms with Gasteiger partial charge in [-0.25, -0.2) is 4.79 Å². The maximum Gasteiger partial charge on any atom is 0.332 e. The first kappa shape index (κ1) is 23.0. The van der Waals surface area contributed by atoms with Crippen LogP contribution in [0.4, 0.5) is 5.95 Å². The molecule has 0 saturated carbocycles. The Morgan fingerprint density at radius 2 is 1.97 bits per heavy atom. The summed E-state index contributed by atoms with van der Waals surface area (Å²) in [5, 5.41) is 0. The van der Waals surface area contributed by atoms with Crippen molar-refractivity contribution in [3.63, 3.8) is 0 Å². The third-order valence-electron chi connectivity index (χ3n) is 6.50. The molecule has 2 N–H and O–H groups in total. The normalized spacial score (nSPS) is 16.4. The minimum absolute atomic E-state index is 0.0709.